The minimum Gasteiger partial charge on any atom is -0.505 e. The van der Waals surface area contributed by atoms with Crippen LogP contribution in [0.25, 0.3) is 0 Å². The molecule has 1 aromatic carbocycles. The molecule has 2 rings (SSSR count). The van der Waals surface area contributed by atoms with Gasteiger partial charge in [0.2, 0.25) is 0 Å². The van der Waals surface area contributed by atoms with Crippen LogP contribution in [0.4, 0.5) is 4.39 Å². The van der Waals surface area contributed by atoms with E-state index in [1.165, 1.54) is 6.07 Å². The van der Waals surface area contributed by atoms with Gasteiger partial charge in [0.1, 0.15) is 0 Å². The Labute approximate surface area is 98.7 Å². The first-order valence-electron chi connectivity index (χ1n) is 5.40. The summed E-state index contributed by atoms with van der Waals surface area (Å²) in [6.07, 6.45) is 5.33. The van der Waals surface area contributed by atoms with Gasteiger partial charge in [0.15, 0.2) is 11.6 Å². The summed E-state index contributed by atoms with van der Waals surface area (Å²) in [4.78, 5) is 3.93. The van der Waals surface area contributed by atoms with Crippen LogP contribution in [-0.4, -0.2) is 21.2 Å². The summed E-state index contributed by atoms with van der Waals surface area (Å²) in [5.41, 5.74) is 0.565. The highest BCUT2D eigenvalue weighted by Crippen LogP contribution is 2.19. The maximum absolute atomic E-state index is 13.0. The maximum atomic E-state index is 13.0. The molecule has 0 fully saturated rings. The Kier molecular flexibility index (Phi) is 3.72. The van der Waals surface area contributed by atoms with E-state index in [0.717, 1.165) is 13.1 Å². The van der Waals surface area contributed by atoms with Crippen LogP contribution in [-0.2, 0) is 13.1 Å². The Morgan fingerprint density at radius 1 is 1.41 bits per heavy atom. The summed E-state index contributed by atoms with van der Waals surface area (Å²) in [5, 5.41) is 12.6. The van der Waals surface area contributed by atoms with Crippen molar-refractivity contribution in [2.75, 3.05) is 6.54 Å². The van der Waals surface area contributed by atoms with Gasteiger partial charge < -0.3 is 15.0 Å². The van der Waals surface area contributed by atoms with Gasteiger partial charge in [-0.15, -0.1) is 0 Å². The Morgan fingerprint density at radius 3 is 3.06 bits per heavy atom. The van der Waals surface area contributed by atoms with Crippen LogP contribution in [0.5, 0.6) is 5.75 Å². The first-order valence-corrected chi connectivity index (χ1v) is 5.40. The van der Waals surface area contributed by atoms with Crippen molar-refractivity contribution < 1.29 is 9.50 Å². The fraction of sp³-hybridized carbons (Fsp3) is 0.250. The first kappa shape index (κ1) is 11.6. The van der Waals surface area contributed by atoms with E-state index in [1.807, 2.05) is 10.8 Å². The van der Waals surface area contributed by atoms with E-state index < -0.39 is 5.82 Å². The summed E-state index contributed by atoms with van der Waals surface area (Å²) in [5.74, 6) is -0.860. The van der Waals surface area contributed by atoms with Gasteiger partial charge in [-0.1, -0.05) is 12.1 Å². The highest BCUT2D eigenvalue weighted by molar-refractivity contribution is 5.33. The summed E-state index contributed by atoms with van der Waals surface area (Å²) < 4.78 is 15.0. The van der Waals surface area contributed by atoms with E-state index in [9.17, 15) is 9.50 Å². The number of phenolic OH excluding ortho intramolecular Hbond substituents is 1. The van der Waals surface area contributed by atoms with E-state index in [1.54, 1.807) is 24.7 Å². The fourth-order valence-corrected chi connectivity index (χ4v) is 1.55. The molecule has 0 saturated carbocycles. The summed E-state index contributed by atoms with van der Waals surface area (Å²) in [7, 11) is 0. The Hall–Kier alpha value is -1.88. The molecule has 0 amide bonds. The van der Waals surface area contributed by atoms with Gasteiger partial charge in [0, 0.05) is 37.6 Å². The van der Waals surface area contributed by atoms with Crippen LogP contribution in [0.3, 0.4) is 0 Å². The zero-order valence-electron chi connectivity index (χ0n) is 9.31. The highest BCUT2D eigenvalue weighted by atomic mass is 19.1. The summed E-state index contributed by atoms with van der Waals surface area (Å²) in [6, 6.07) is 4.52. The Balaban J connectivity index is 1.80. The van der Waals surface area contributed by atoms with Crippen LogP contribution < -0.4 is 5.32 Å². The number of aromatic nitrogens is 2. The number of rotatable bonds is 5. The number of aromatic hydroxyl groups is 1. The number of hydrogen-bond acceptors (Lipinski definition) is 3. The number of imidazole rings is 1. The second kappa shape index (κ2) is 5.45. The van der Waals surface area contributed by atoms with Crippen molar-refractivity contribution in [3.8, 4) is 5.75 Å². The number of halogens is 1. The molecule has 17 heavy (non-hydrogen) atoms. The lowest BCUT2D eigenvalue weighted by Crippen LogP contribution is -2.19. The van der Waals surface area contributed by atoms with Crippen molar-refractivity contribution in [1.82, 2.24) is 14.9 Å². The highest BCUT2D eigenvalue weighted by Gasteiger charge is 2.05. The normalized spacial score (nSPS) is 10.6. The van der Waals surface area contributed by atoms with E-state index in [-0.39, 0.29) is 5.75 Å². The lowest BCUT2D eigenvalue weighted by Gasteiger charge is -2.07. The molecule has 0 saturated heterocycles. The van der Waals surface area contributed by atoms with Crippen LogP contribution in [0.1, 0.15) is 5.56 Å². The lowest BCUT2D eigenvalue weighted by atomic mass is 10.2. The Morgan fingerprint density at radius 2 is 2.29 bits per heavy atom. The summed E-state index contributed by atoms with van der Waals surface area (Å²) >= 11 is 0. The van der Waals surface area contributed by atoms with E-state index >= 15 is 0 Å². The number of phenols is 1. The third-order valence-electron chi connectivity index (χ3n) is 2.49. The molecule has 0 aliphatic rings. The molecule has 90 valence electrons. The van der Waals surface area contributed by atoms with Crippen molar-refractivity contribution in [2.45, 2.75) is 13.1 Å². The molecule has 0 aliphatic carbocycles. The number of nitrogens with one attached hydrogen (secondary N) is 1. The third-order valence-corrected chi connectivity index (χ3v) is 2.49. The molecule has 0 bridgehead atoms. The molecule has 5 heteroatoms. The zero-order valence-corrected chi connectivity index (χ0v) is 9.31. The Bertz CT molecular complexity index is 471. The number of para-hydroxylation sites is 1. The molecular weight excluding hydrogens is 221 g/mol. The number of nitrogens with zero attached hydrogens (tertiary/aromatic N) is 2. The predicted octanol–water partition coefficient (Wildman–Crippen LogP) is 1.52. The van der Waals surface area contributed by atoms with E-state index in [4.69, 9.17) is 0 Å². The molecule has 0 radical (unpaired) electrons. The van der Waals surface area contributed by atoms with Crippen LogP contribution in [0, 0.1) is 5.82 Å². The second-order valence-corrected chi connectivity index (χ2v) is 3.72. The minimum absolute atomic E-state index is 0.275. The molecule has 2 aromatic rings. The van der Waals surface area contributed by atoms with Gasteiger partial charge >= 0.3 is 0 Å². The fourth-order valence-electron chi connectivity index (χ4n) is 1.55. The molecule has 0 aliphatic heterocycles. The lowest BCUT2D eigenvalue weighted by molar-refractivity contribution is 0.422. The quantitative estimate of drug-likeness (QED) is 0.772. The topological polar surface area (TPSA) is 50.1 Å². The van der Waals surface area contributed by atoms with Crippen molar-refractivity contribution >= 4 is 0 Å². The molecule has 0 atom stereocenters. The molecule has 0 unspecified atom stereocenters. The average Bonchev–Trinajstić information content (AvgIpc) is 2.83. The third kappa shape index (κ3) is 3.04. The van der Waals surface area contributed by atoms with E-state index in [0.29, 0.717) is 12.1 Å². The molecule has 2 N–H and O–H groups in total. The molecular formula is C12H14FN3O. The molecule has 1 heterocycles. The second-order valence-electron chi connectivity index (χ2n) is 3.72. The molecule has 0 spiro atoms. The number of hydrogen-bond donors (Lipinski definition) is 2. The van der Waals surface area contributed by atoms with Crippen LogP contribution in [0.2, 0.25) is 0 Å². The van der Waals surface area contributed by atoms with Crippen molar-refractivity contribution in [3.05, 3.63) is 48.3 Å². The monoisotopic (exact) mass is 235 g/mol. The largest absolute Gasteiger partial charge is 0.505 e. The van der Waals surface area contributed by atoms with Crippen LogP contribution >= 0.6 is 0 Å². The predicted molar refractivity (Wildman–Crippen MR) is 62.0 cm³/mol. The standard InChI is InChI=1S/C12H14FN3O/c13-11-3-1-2-10(12(11)17)8-14-4-6-16-7-5-15-9-16/h1-3,5,7,9,14,17H,4,6,8H2. The van der Waals surface area contributed by atoms with Gasteiger partial charge in [0.05, 0.1) is 6.33 Å². The number of benzene rings is 1. The van der Waals surface area contributed by atoms with Crippen molar-refractivity contribution in [2.24, 2.45) is 0 Å². The summed E-state index contributed by atoms with van der Waals surface area (Å²) in [6.45, 7) is 1.96. The average molecular weight is 235 g/mol. The van der Waals surface area contributed by atoms with Crippen molar-refractivity contribution in [1.29, 1.82) is 0 Å². The van der Waals surface area contributed by atoms with Gasteiger partial charge in [-0.25, -0.2) is 9.37 Å². The minimum atomic E-state index is -0.584. The van der Waals surface area contributed by atoms with E-state index in [2.05, 4.69) is 10.3 Å². The van der Waals surface area contributed by atoms with Gasteiger partial charge in [-0.2, -0.15) is 0 Å². The van der Waals surface area contributed by atoms with Gasteiger partial charge in [-0.05, 0) is 6.07 Å². The van der Waals surface area contributed by atoms with Gasteiger partial charge in [-0.3, -0.25) is 0 Å². The maximum Gasteiger partial charge on any atom is 0.165 e. The van der Waals surface area contributed by atoms with Gasteiger partial charge in [0.25, 0.3) is 0 Å². The first-order chi connectivity index (χ1) is 8.27. The van der Waals surface area contributed by atoms with Crippen molar-refractivity contribution in [3.63, 3.8) is 0 Å². The molecule has 4 nitrogen and oxygen atoms in total. The zero-order chi connectivity index (χ0) is 12.1. The smallest absolute Gasteiger partial charge is 0.165 e. The molecule has 1 aromatic heterocycles. The SMILES string of the molecule is Oc1c(F)cccc1CNCCn1ccnc1. The van der Waals surface area contributed by atoms with Crippen LogP contribution in [0.15, 0.2) is 36.9 Å².